The summed E-state index contributed by atoms with van der Waals surface area (Å²) in [5.41, 5.74) is 7.94. The van der Waals surface area contributed by atoms with Crippen LogP contribution in [0.5, 0.6) is 0 Å². The molecule has 0 saturated heterocycles. The van der Waals surface area contributed by atoms with Crippen molar-refractivity contribution in [2.45, 2.75) is 6.92 Å². The van der Waals surface area contributed by atoms with Gasteiger partial charge in [0.25, 0.3) is 5.91 Å². The van der Waals surface area contributed by atoms with Crippen molar-refractivity contribution >= 4 is 17.3 Å². The minimum absolute atomic E-state index is 0.266. The number of hydrogen-bond acceptors (Lipinski definition) is 3. The molecular formula is C12H12N2O2. The standard InChI is InChI=1S/C12H12N2O2/c1-8-7-9(13)4-5-10(8)14-12(15)11-3-2-6-16-11/h2-7H,13H2,1H3,(H,14,15). The van der Waals surface area contributed by atoms with E-state index in [4.69, 9.17) is 10.2 Å². The van der Waals surface area contributed by atoms with Crippen LogP contribution in [0.4, 0.5) is 11.4 Å². The summed E-state index contributed by atoms with van der Waals surface area (Å²) >= 11 is 0. The van der Waals surface area contributed by atoms with Gasteiger partial charge < -0.3 is 15.5 Å². The fourth-order valence-electron chi connectivity index (χ4n) is 1.42. The summed E-state index contributed by atoms with van der Waals surface area (Å²) in [6, 6.07) is 8.60. The maximum absolute atomic E-state index is 11.7. The number of carbonyl (C=O) groups is 1. The molecule has 1 aromatic heterocycles. The van der Waals surface area contributed by atoms with Crippen LogP contribution in [-0.2, 0) is 0 Å². The van der Waals surface area contributed by atoms with E-state index in [1.54, 1.807) is 30.3 Å². The molecular weight excluding hydrogens is 204 g/mol. The summed E-state index contributed by atoms with van der Waals surface area (Å²) in [5.74, 6) is 0.0223. The Hall–Kier alpha value is -2.23. The first-order valence-electron chi connectivity index (χ1n) is 4.88. The van der Waals surface area contributed by atoms with E-state index in [0.717, 1.165) is 11.3 Å². The Bertz CT molecular complexity index is 504. The fraction of sp³-hybridized carbons (Fsp3) is 0.0833. The maximum Gasteiger partial charge on any atom is 0.291 e. The lowest BCUT2D eigenvalue weighted by Gasteiger charge is -2.07. The molecule has 0 aliphatic heterocycles. The summed E-state index contributed by atoms with van der Waals surface area (Å²) in [6.45, 7) is 1.88. The first-order valence-corrected chi connectivity index (χ1v) is 4.88. The van der Waals surface area contributed by atoms with E-state index < -0.39 is 0 Å². The van der Waals surface area contributed by atoms with Gasteiger partial charge >= 0.3 is 0 Å². The molecule has 0 fully saturated rings. The van der Waals surface area contributed by atoms with Gasteiger partial charge in [-0.2, -0.15) is 0 Å². The van der Waals surface area contributed by atoms with E-state index in [1.165, 1.54) is 6.26 Å². The summed E-state index contributed by atoms with van der Waals surface area (Å²) in [5, 5.41) is 2.75. The average Bonchev–Trinajstić information content (AvgIpc) is 2.75. The van der Waals surface area contributed by atoms with Crippen molar-refractivity contribution in [3.8, 4) is 0 Å². The van der Waals surface area contributed by atoms with Crippen LogP contribution in [0.1, 0.15) is 16.1 Å². The minimum Gasteiger partial charge on any atom is -0.459 e. The van der Waals surface area contributed by atoms with Gasteiger partial charge in [0.2, 0.25) is 0 Å². The van der Waals surface area contributed by atoms with E-state index >= 15 is 0 Å². The number of anilines is 2. The Morgan fingerprint density at radius 1 is 1.38 bits per heavy atom. The van der Waals surface area contributed by atoms with Crippen LogP contribution in [0.15, 0.2) is 41.0 Å². The van der Waals surface area contributed by atoms with Crippen molar-refractivity contribution in [1.29, 1.82) is 0 Å². The van der Waals surface area contributed by atoms with Gasteiger partial charge in [-0.15, -0.1) is 0 Å². The third-order valence-electron chi connectivity index (χ3n) is 2.24. The summed E-state index contributed by atoms with van der Waals surface area (Å²) in [7, 11) is 0. The molecule has 0 unspecified atom stereocenters. The van der Waals surface area contributed by atoms with Crippen LogP contribution in [0.25, 0.3) is 0 Å². The molecule has 4 nitrogen and oxygen atoms in total. The second kappa shape index (κ2) is 4.10. The predicted molar refractivity (Wildman–Crippen MR) is 62.3 cm³/mol. The van der Waals surface area contributed by atoms with Gasteiger partial charge in [0.15, 0.2) is 5.76 Å². The van der Waals surface area contributed by atoms with Crippen LogP contribution < -0.4 is 11.1 Å². The van der Waals surface area contributed by atoms with Crippen molar-refractivity contribution in [2.24, 2.45) is 0 Å². The molecule has 0 bridgehead atoms. The highest BCUT2D eigenvalue weighted by Crippen LogP contribution is 2.18. The first kappa shape index (κ1) is 10.3. The lowest BCUT2D eigenvalue weighted by atomic mass is 10.2. The Kier molecular flexibility index (Phi) is 2.64. The zero-order valence-corrected chi connectivity index (χ0v) is 8.86. The Morgan fingerprint density at radius 2 is 2.19 bits per heavy atom. The molecule has 2 rings (SSSR count). The number of amides is 1. The molecule has 0 aliphatic carbocycles. The molecule has 1 heterocycles. The molecule has 0 aliphatic rings. The van der Waals surface area contributed by atoms with E-state index in [9.17, 15) is 4.79 Å². The number of nitrogens with two attached hydrogens (primary N) is 1. The summed E-state index contributed by atoms with van der Waals surface area (Å²) in [6.07, 6.45) is 1.46. The molecule has 0 radical (unpaired) electrons. The van der Waals surface area contributed by atoms with Crippen LogP contribution in [0.3, 0.4) is 0 Å². The zero-order chi connectivity index (χ0) is 11.5. The lowest BCUT2D eigenvalue weighted by Crippen LogP contribution is -2.11. The van der Waals surface area contributed by atoms with Gasteiger partial charge in [-0.05, 0) is 42.8 Å². The summed E-state index contributed by atoms with van der Waals surface area (Å²) in [4.78, 5) is 11.7. The van der Waals surface area contributed by atoms with Crippen molar-refractivity contribution in [2.75, 3.05) is 11.1 Å². The predicted octanol–water partition coefficient (Wildman–Crippen LogP) is 2.42. The lowest BCUT2D eigenvalue weighted by molar-refractivity contribution is 0.0996. The van der Waals surface area contributed by atoms with Gasteiger partial charge in [0, 0.05) is 11.4 Å². The van der Waals surface area contributed by atoms with E-state index in [0.29, 0.717) is 5.69 Å². The number of benzene rings is 1. The molecule has 0 atom stereocenters. The second-order valence-electron chi connectivity index (χ2n) is 3.51. The number of rotatable bonds is 2. The number of nitrogen functional groups attached to an aromatic ring is 1. The average molecular weight is 216 g/mol. The van der Waals surface area contributed by atoms with E-state index in [1.807, 2.05) is 6.92 Å². The van der Waals surface area contributed by atoms with Crippen LogP contribution in [-0.4, -0.2) is 5.91 Å². The molecule has 1 aromatic carbocycles. The van der Waals surface area contributed by atoms with Crippen molar-refractivity contribution < 1.29 is 9.21 Å². The highest BCUT2D eigenvalue weighted by atomic mass is 16.3. The van der Waals surface area contributed by atoms with E-state index in [2.05, 4.69) is 5.32 Å². The molecule has 1 amide bonds. The van der Waals surface area contributed by atoms with Crippen molar-refractivity contribution in [3.05, 3.63) is 47.9 Å². The SMILES string of the molecule is Cc1cc(N)ccc1NC(=O)c1ccco1. The molecule has 0 spiro atoms. The van der Waals surface area contributed by atoms with Crippen LogP contribution in [0, 0.1) is 6.92 Å². The van der Waals surface area contributed by atoms with Gasteiger partial charge in [0.05, 0.1) is 6.26 Å². The smallest absolute Gasteiger partial charge is 0.291 e. The largest absolute Gasteiger partial charge is 0.459 e. The van der Waals surface area contributed by atoms with Crippen molar-refractivity contribution in [1.82, 2.24) is 0 Å². The Labute approximate surface area is 93.1 Å². The third-order valence-corrected chi connectivity index (χ3v) is 2.24. The normalized spacial score (nSPS) is 10.1. The topological polar surface area (TPSA) is 68.3 Å². The van der Waals surface area contributed by atoms with Gasteiger partial charge in [-0.25, -0.2) is 0 Å². The quantitative estimate of drug-likeness (QED) is 0.757. The fourth-order valence-corrected chi connectivity index (χ4v) is 1.42. The number of furan rings is 1. The molecule has 0 saturated carbocycles. The zero-order valence-electron chi connectivity index (χ0n) is 8.86. The van der Waals surface area contributed by atoms with Crippen LogP contribution in [0.2, 0.25) is 0 Å². The number of carbonyl (C=O) groups excluding carboxylic acids is 1. The molecule has 4 heteroatoms. The summed E-state index contributed by atoms with van der Waals surface area (Å²) < 4.78 is 4.99. The van der Waals surface area contributed by atoms with Gasteiger partial charge in [0.1, 0.15) is 0 Å². The van der Waals surface area contributed by atoms with Gasteiger partial charge in [-0.1, -0.05) is 0 Å². The first-order chi connectivity index (χ1) is 7.66. The minimum atomic E-state index is -0.266. The third kappa shape index (κ3) is 2.06. The number of hydrogen-bond donors (Lipinski definition) is 2. The molecule has 16 heavy (non-hydrogen) atoms. The second-order valence-corrected chi connectivity index (χ2v) is 3.51. The monoisotopic (exact) mass is 216 g/mol. The highest BCUT2D eigenvalue weighted by Gasteiger charge is 2.09. The molecule has 82 valence electrons. The van der Waals surface area contributed by atoms with E-state index in [-0.39, 0.29) is 11.7 Å². The van der Waals surface area contributed by atoms with Gasteiger partial charge in [-0.3, -0.25) is 4.79 Å². The number of nitrogens with one attached hydrogen (secondary N) is 1. The molecule has 3 N–H and O–H groups in total. The van der Waals surface area contributed by atoms with Crippen LogP contribution >= 0.6 is 0 Å². The maximum atomic E-state index is 11.7. The highest BCUT2D eigenvalue weighted by molar-refractivity contribution is 6.02. The Balaban J connectivity index is 2.18. The molecule has 2 aromatic rings. The Morgan fingerprint density at radius 3 is 2.81 bits per heavy atom. The number of aryl methyl sites for hydroxylation is 1. The van der Waals surface area contributed by atoms with Crippen molar-refractivity contribution in [3.63, 3.8) is 0 Å².